The molecule has 0 aromatic carbocycles. The molecule has 26 heteroatoms. The van der Waals surface area contributed by atoms with E-state index in [0.29, 0.717) is 17.6 Å². The molecule has 522 valence electrons. The number of methoxy groups -OCH3 is 2. The maximum absolute atomic E-state index is 15.7. The molecule has 6 aliphatic heterocycles. The zero-order valence-corrected chi connectivity index (χ0v) is 55.9. The number of rotatable bonds is 14. The predicted octanol–water partition coefficient (Wildman–Crippen LogP) is 5.45. The normalized spacial score (nSPS) is 49.1. The number of aliphatic hydroxyl groups excluding tert-OH is 6. The number of Topliss-reactive ketones (excluding diaryl/α,β-unsaturated/α-hetero) is 1. The van der Waals surface area contributed by atoms with E-state index in [1.807, 2.05) is 32.9 Å². The minimum Gasteiger partial charge on any atom is -0.511 e. The Balaban J connectivity index is 0.943. The van der Waals surface area contributed by atoms with E-state index in [0.717, 1.165) is 12.7 Å². The number of nitrogens with one attached hydrogen (secondary N) is 1. The van der Waals surface area contributed by atoms with Gasteiger partial charge in [-0.05, 0) is 96.1 Å². The van der Waals surface area contributed by atoms with Crippen molar-refractivity contribution in [1.82, 2.24) is 5.32 Å². The van der Waals surface area contributed by atoms with Crippen LogP contribution in [0.2, 0.25) is 0 Å². The number of ketones is 1. The number of ether oxygens (including phenoxy) is 13. The number of hydrogen-bond acceptors (Lipinski definition) is 24. The Morgan fingerprint density at radius 1 is 0.688 bits per heavy atom. The first kappa shape index (κ1) is 71.4. The number of hydrogen-bond donors (Lipinski definition) is 7. The van der Waals surface area contributed by atoms with Crippen molar-refractivity contribution in [3.05, 3.63) is 68.5 Å². The molecule has 26 nitrogen and oxygen atoms in total. The lowest BCUT2D eigenvalue weighted by atomic mass is 9.49. The predicted molar refractivity (Wildman–Crippen MR) is 327 cm³/mol. The summed E-state index contributed by atoms with van der Waals surface area (Å²) in [5.41, 5.74) is -3.49. The minimum atomic E-state index is -1.84. The molecule has 1 saturated carbocycles. The van der Waals surface area contributed by atoms with Crippen molar-refractivity contribution in [3.63, 3.8) is 0 Å². The summed E-state index contributed by atoms with van der Waals surface area (Å²) >= 11 is 0. The first-order valence-corrected chi connectivity index (χ1v) is 33.2. The Labute approximate surface area is 543 Å². The van der Waals surface area contributed by atoms with Crippen molar-refractivity contribution in [2.45, 2.75) is 275 Å². The van der Waals surface area contributed by atoms with Crippen molar-refractivity contribution in [2.24, 2.45) is 46.8 Å². The minimum absolute atomic E-state index is 0.00999. The number of nitro groups is 1. The van der Waals surface area contributed by atoms with E-state index in [-0.39, 0.29) is 63.4 Å². The third kappa shape index (κ3) is 13.7. The van der Waals surface area contributed by atoms with Crippen LogP contribution in [0.1, 0.15) is 134 Å². The molecule has 31 atom stereocenters. The lowest BCUT2D eigenvalue weighted by Crippen LogP contribution is -2.65. The van der Waals surface area contributed by atoms with Crippen LogP contribution in [0.15, 0.2) is 58.4 Å². The molecule has 1 unspecified atom stereocenters. The van der Waals surface area contributed by atoms with Gasteiger partial charge in [0.2, 0.25) is 11.3 Å². The highest BCUT2D eigenvalue weighted by atomic mass is 16.8. The van der Waals surface area contributed by atoms with Crippen LogP contribution in [0.3, 0.4) is 0 Å². The van der Waals surface area contributed by atoms with Crippen LogP contribution in [-0.2, 0) is 71.2 Å². The molecule has 0 radical (unpaired) electrons. The Morgan fingerprint density at radius 2 is 1.28 bits per heavy atom. The maximum Gasteiger partial charge on any atom is 0.407 e. The number of allylic oxidation sites excluding steroid dienone is 3. The summed E-state index contributed by atoms with van der Waals surface area (Å²) < 4.78 is 82.0. The molecule has 0 aromatic rings. The van der Waals surface area contributed by atoms with Crippen molar-refractivity contribution < 1.29 is 112 Å². The molecule has 4 aliphatic carbocycles. The summed E-state index contributed by atoms with van der Waals surface area (Å²) in [6, 6.07) is -1.09. The molecule has 2 bridgehead atoms. The fourth-order valence-corrected chi connectivity index (χ4v) is 17.2. The molecule has 7 fully saturated rings. The van der Waals surface area contributed by atoms with Gasteiger partial charge in [0.05, 0.1) is 87.3 Å². The van der Waals surface area contributed by atoms with E-state index in [1.54, 1.807) is 53.7 Å². The number of aliphatic hydroxyl groups is 6. The lowest BCUT2D eigenvalue weighted by Gasteiger charge is -2.56. The van der Waals surface area contributed by atoms with Gasteiger partial charge < -0.3 is 97.5 Å². The molecule has 10 rings (SSSR count). The fraction of sp³-hybridized carbons (Fsp3) is 0.806. The van der Waals surface area contributed by atoms with E-state index >= 15 is 4.79 Å². The van der Waals surface area contributed by atoms with Crippen LogP contribution in [0.4, 0.5) is 4.79 Å². The van der Waals surface area contributed by atoms with E-state index in [1.165, 1.54) is 14.0 Å². The van der Waals surface area contributed by atoms with E-state index < -0.39 is 209 Å². The van der Waals surface area contributed by atoms with Gasteiger partial charge in [-0.3, -0.25) is 14.9 Å². The van der Waals surface area contributed by atoms with Gasteiger partial charge in [0.1, 0.15) is 41.8 Å². The molecule has 1 amide bonds. The molecular formula is C67H100N2O24. The van der Waals surface area contributed by atoms with E-state index in [9.17, 15) is 50.3 Å². The monoisotopic (exact) mass is 1320 g/mol. The molecule has 93 heavy (non-hydrogen) atoms. The number of fused-ring (bicyclic) bond motifs is 4. The first-order chi connectivity index (χ1) is 43.9. The second-order valence-electron chi connectivity index (χ2n) is 28.6. The highest BCUT2D eigenvalue weighted by molar-refractivity contribution is 6.26. The Kier molecular flexibility index (Phi) is 21.7. The standard InChI is InChI=1S/C67H100N2O24/c1-29-15-18-45(88-52-27-65(11,69(79)80)60(38(10)87-52)68-64(78)82-14)30(2)20-40-21-39(28-70)33(5)26-67(40)62(76)53(63(77)93-67)61(75)66(12)42(29)17-16-41-54(66)31(3)19-32(4)57(41)91-51-24-46(56(74)35(7)84-51)89-50-25-47(90-48-22-43(71)55(73)34(6)83-48)59(37(9)86-50)92-49-23-44(72)58(81-13)36(8)85-49/h15-17,20-21,31-38,40-52,54-60,70-75H,18-19,22-28H2,1-14H3,(H,68,78)/b29-15+,30-20+,61-53?/t31-,32-,33+,34-,35-,36-,37-,38+,40+,41-,42-,43+,44+,45-,46+,47+,48-,49+,50-,51-,52-,54+,55-,56-,57-,58-,59-,60-,65-,66+,67?/m0/s1. The number of amides is 1. The largest absolute Gasteiger partial charge is 0.511 e. The summed E-state index contributed by atoms with van der Waals surface area (Å²) in [7, 11) is 2.66. The maximum atomic E-state index is 15.7. The van der Waals surface area contributed by atoms with Gasteiger partial charge in [0, 0.05) is 74.2 Å². The SMILES string of the molecule is COC(=O)N[C@H]1[C@@H](C)O[C@@H](O[C@H]2C/C=C(\C)[C@@H]3C=C[C@@H]4[C@@H](O[C@H]5C[C@@H](O[C@H]6C[C@@H](O[C@H]7C[C@@H](O)[C@@H](O)[C@H](C)O7)[C@@H](O[C@@H]7C[C@@H](O)[C@@H](OC)[C@H](C)O7)[C@H](C)O6)[C@@H](O)[C@H](C)O5)[C@@H](C)C[C@H](C)[C@H]4[C@]3(C)C(O)=C3C(=O)OC4(C[C@@H](C)C(CO)=C[C@H]4/C=C/2C)C3=O)C[C@]1(C)[N+](=O)[O-]. The third-order valence-corrected chi connectivity index (χ3v) is 22.3. The topological polar surface area (TPSA) is 348 Å². The lowest BCUT2D eigenvalue weighted by molar-refractivity contribution is -0.584. The van der Waals surface area contributed by atoms with Gasteiger partial charge in [0.25, 0.3) is 0 Å². The average Bonchev–Trinajstić information content (AvgIpc) is 1.70. The summed E-state index contributed by atoms with van der Waals surface area (Å²) in [5, 5.41) is 83.6. The highest BCUT2D eigenvalue weighted by Crippen LogP contribution is 2.61. The zero-order valence-electron chi connectivity index (χ0n) is 55.9. The van der Waals surface area contributed by atoms with Crippen molar-refractivity contribution in [3.8, 4) is 0 Å². The second-order valence-corrected chi connectivity index (χ2v) is 28.6. The number of esters is 1. The van der Waals surface area contributed by atoms with Crippen molar-refractivity contribution in [2.75, 3.05) is 20.8 Å². The number of carbonyl (C=O) groups is 3. The average molecular weight is 1320 g/mol. The molecule has 0 aromatic heterocycles. The van der Waals surface area contributed by atoms with Gasteiger partial charge in [0.15, 0.2) is 37.1 Å². The second kappa shape index (κ2) is 28.3. The highest BCUT2D eigenvalue weighted by Gasteiger charge is 2.64. The van der Waals surface area contributed by atoms with Crippen LogP contribution in [0.5, 0.6) is 0 Å². The molecule has 6 saturated heterocycles. The molecule has 10 aliphatic rings. The van der Waals surface area contributed by atoms with Crippen LogP contribution in [-0.4, -0.2) is 214 Å². The van der Waals surface area contributed by atoms with E-state index in [4.69, 9.17) is 61.6 Å². The van der Waals surface area contributed by atoms with Gasteiger partial charge in [-0.2, -0.15) is 0 Å². The molecule has 6 heterocycles. The third-order valence-electron chi connectivity index (χ3n) is 22.3. The Bertz CT molecular complexity index is 2880. The van der Waals surface area contributed by atoms with E-state index in [2.05, 4.69) is 25.2 Å². The molecular weight excluding hydrogens is 1220 g/mol. The summed E-state index contributed by atoms with van der Waals surface area (Å²) in [6.45, 7) is 21.2. The Hall–Kier alpha value is -4.33. The van der Waals surface area contributed by atoms with Gasteiger partial charge in [-0.15, -0.1) is 0 Å². The number of carbonyl (C=O) groups excluding carboxylic acids is 3. The summed E-state index contributed by atoms with van der Waals surface area (Å²) in [5.74, 6) is -5.33. The van der Waals surface area contributed by atoms with Gasteiger partial charge in [-0.25, -0.2) is 9.59 Å². The van der Waals surface area contributed by atoms with Crippen LogP contribution < -0.4 is 5.32 Å². The fourth-order valence-electron chi connectivity index (χ4n) is 17.2. The van der Waals surface area contributed by atoms with Crippen LogP contribution >= 0.6 is 0 Å². The quantitative estimate of drug-likeness (QED) is 0.0373. The molecule has 7 N–H and O–H groups in total. The number of nitrogens with zero attached hydrogens (tertiary/aromatic N) is 1. The van der Waals surface area contributed by atoms with Crippen LogP contribution in [0.25, 0.3) is 0 Å². The van der Waals surface area contributed by atoms with Crippen molar-refractivity contribution in [1.29, 1.82) is 0 Å². The summed E-state index contributed by atoms with van der Waals surface area (Å²) in [4.78, 5) is 55.4. The van der Waals surface area contributed by atoms with Crippen LogP contribution in [0, 0.1) is 57.0 Å². The van der Waals surface area contributed by atoms with Gasteiger partial charge >= 0.3 is 12.1 Å². The zero-order chi connectivity index (χ0) is 67.7. The first-order valence-electron chi connectivity index (χ1n) is 33.2. The summed E-state index contributed by atoms with van der Waals surface area (Å²) in [6.07, 6.45) is -8.05. The number of alkyl carbamates (subject to hydrolysis) is 1. The Morgan fingerprint density at radius 3 is 1.92 bits per heavy atom. The van der Waals surface area contributed by atoms with Gasteiger partial charge in [-0.1, -0.05) is 63.6 Å². The molecule has 1 spiro atoms. The smallest absolute Gasteiger partial charge is 0.407 e. The van der Waals surface area contributed by atoms with Crippen molar-refractivity contribution >= 4 is 17.8 Å².